The van der Waals surface area contributed by atoms with Crippen LogP contribution >= 0.6 is 0 Å². The van der Waals surface area contributed by atoms with Gasteiger partial charge in [-0.15, -0.1) is 0 Å². The fraction of sp³-hybridized carbons (Fsp3) is 0.500. The summed E-state index contributed by atoms with van der Waals surface area (Å²) < 4.78 is 1.75. The van der Waals surface area contributed by atoms with Gasteiger partial charge < -0.3 is 10.6 Å². The molecule has 0 spiro atoms. The molecule has 2 unspecified atom stereocenters. The first kappa shape index (κ1) is 22.3. The Morgan fingerprint density at radius 1 is 1.19 bits per heavy atom. The minimum atomic E-state index is -0.216. The van der Waals surface area contributed by atoms with Crippen LogP contribution in [0.15, 0.2) is 41.5 Å². The zero-order chi connectivity index (χ0) is 21.8. The number of nitrogens with zero attached hydrogens (tertiary/aromatic N) is 2. The van der Waals surface area contributed by atoms with Crippen molar-refractivity contribution >= 4 is 22.6 Å². The number of rotatable bonds is 8. The molecule has 6 nitrogen and oxygen atoms in total. The van der Waals surface area contributed by atoms with Crippen molar-refractivity contribution in [3.05, 3.63) is 47.7 Å². The van der Waals surface area contributed by atoms with E-state index in [0.717, 1.165) is 24.9 Å². The Bertz CT molecular complexity index is 885. The molecule has 3 aliphatic rings. The molecule has 2 saturated carbocycles. The van der Waals surface area contributed by atoms with Crippen LogP contribution in [0.5, 0.6) is 0 Å². The van der Waals surface area contributed by atoms with Crippen LogP contribution in [0.2, 0.25) is 0 Å². The van der Waals surface area contributed by atoms with E-state index in [1.54, 1.807) is 35.1 Å². The number of aliphatic imine (C=N–C) groups is 1. The van der Waals surface area contributed by atoms with Crippen LogP contribution < -0.4 is 11.1 Å². The van der Waals surface area contributed by atoms with Gasteiger partial charge in [-0.3, -0.25) is 4.79 Å². The number of hydrogen-bond acceptors (Lipinski definition) is 4. The second-order valence-corrected chi connectivity index (χ2v) is 9.66. The van der Waals surface area contributed by atoms with E-state index < -0.39 is 0 Å². The van der Waals surface area contributed by atoms with Crippen molar-refractivity contribution < 1.29 is 28.9 Å². The van der Waals surface area contributed by atoms with Crippen molar-refractivity contribution in [3.8, 4) is 0 Å². The van der Waals surface area contributed by atoms with E-state index in [2.05, 4.69) is 10.3 Å². The van der Waals surface area contributed by atoms with E-state index in [0.29, 0.717) is 17.4 Å². The third-order valence-electron chi connectivity index (χ3n) is 7.03. The Labute approximate surface area is 194 Å². The maximum Gasteiger partial charge on any atom is 0.229 e. The number of amides is 2. The van der Waals surface area contributed by atoms with E-state index in [4.69, 9.17) is 5.73 Å². The van der Waals surface area contributed by atoms with Gasteiger partial charge in [-0.25, -0.2) is 0 Å². The number of allylic oxidation sites excluding steroid dienone is 1. The van der Waals surface area contributed by atoms with E-state index in [1.165, 1.54) is 51.5 Å². The zero-order valence-corrected chi connectivity index (χ0v) is 20.6. The summed E-state index contributed by atoms with van der Waals surface area (Å²) in [7, 11) is 0. The van der Waals surface area contributed by atoms with Crippen molar-refractivity contribution in [1.29, 1.82) is 0 Å². The standard InChI is InChI=1S/C24H30N4O2.W/c1-26-14-5-15-27-22(29)18-10-8-17(9-11-18)21(25)20-16-28(20)23(30)24(12-13-24)19-6-3-2-4-7-19;/h1,5,8-11,14-15,19-21H,2-4,6-7,12-13,16,25H2,(H,27,29);. The van der Waals surface area contributed by atoms with Crippen molar-refractivity contribution in [3.63, 3.8) is 0 Å². The first-order valence-electron chi connectivity index (χ1n) is 11.2. The maximum absolute atomic E-state index is 13.2. The van der Waals surface area contributed by atoms with Gasteiger partial charge in [-0.05, 0) is 31.6 Å². The second-order valence-electron chi connectivity index (χ2n) is 8.90. The number of hydrogen-bond donors (Lipinski definition) is 2. The average Bonchev–Trinajstić information content (AvgIpc) is 3.73. The summed E-state index contributed by atoms with van der Waals surface area (Å²) in [4.78, 5) is 31.4. The molecule has 1 aromatic rings. The molecule has 7 heteroatoms. The summed E-state index contributed by atoms with van der Waals surface area (Å²) in [5.41, 5.74) is 7.96. The number of carbonyl (C=O) groups is 2. The van der Waals surface area contributed by atoms with Crippen LogP contribution in [-0.4, -0.2) is 40.0 Å². The minimum Gasteiger partial charge on any atom is -0.333 e. The van der Waals surface area contributed by atoms with Crippen LogP contribution in [0.4, 0.5) is 0 Å². The number of carbonyl (C=O) groups excluding carboxylic acids is 2. The van der Waals surface area contributed by atoms with Crippen LogP contribution in [-0.2, 0) is 24.1 Å². The molecule has 2 atom stereocenters. The summed E-state index contributed by atoms with van der Waals surface area (Å²) in [6.45, 7) is 0.750. The van der Waals surface area contributed by atoms with Gasteiger partial charge in [-0.2, -0.15) is 0 Å². The van der Waals surface area contributed by atoms with Gasteiger partial charge in [0.2, 0.25) is 5.91 Å². The molecule has 4 rings (SSSR count). The first-order valence-corrected chi connectivity index (χ1v) is 12.9. The number of benzene rings is 1. The molecule has 1 aliphatic heterocycles. The molecule has 0 radical (unpaired) electrons. The molecule has 1 heterocycles. The molecule has 164 valence electrons. The number of nitrogens with two attached hydrogens (primary N) is 1. The van der Waals surface area contributed by atoms with Gasteiger partial charge in [0, 0.05) is 6.54 Å². The second kappa shape index (κ2) is 9.70. The fourth-order valence-corrected chi connectivity index (χ4v) is 5.23. The van der Waals surface area contributed by atoms with Gasteiger partial charge in [0.1, 0.15) is 0 Å². The summed E-state index contributed by atoms with van der Waals surface area (Å²) in [5.74, 6) is 0.737. The first-order chi connectivity index (χ1) is 15.1. The van der Waals surface area contributed by atoms with Crippen molar-refractivity contribution in [2.75, 3.05) is 6.54 Å². The molecule has 1 saturated heterocycles. The third-order valence-corrected chi connectivity index (χ3v) is 7.47. The smallest absolute Gasteiger partial charge is 0.229 e. The van der Waals surface area contributed by atoms with Gasteiger partial charge in [0.15, 0.2) is 0 Å². The molecule has 31 heavy (non-hydrogen) atoms. The summed E-state index contributed by atoms with van der Waals surface area (Å²) in [6.07, 6.45) is 13.2. The fourth-order valence-electron chi connectivity index (χ4n) is 4.98. The third kappa shape index (κ3) is 4.96. The zero-order valence-electron chi connectivity index (χ0n) is 17.7. The maximum atomic E-state index is 13.2. The Morgan fingerprint density at radius 2 is 1.90 bits per heavy atom. The predicted octanol–water partition coefficient (Wildman–Crippen LogP) is 2.88. The molecule has 3 fully saturated rings. The molecule has 1 aromatic carbocycles. The van der Waals surface area contributed by atoms with Gasteiger partial charge in [0.05, 0.1) is 11.5 Å². The monoisotopic (exact) mass is 590 g/mol. The van der Waals surface area contributed by atoms with Gasteiger partial charge >= 0.3 is 105 Å². The normalized spacial score (nSPS) is 23.6. The molecule has 2 aliphatic carbocycles. The Kier molecular flexibility index (Phi) is 6.98. The van der Waals surface area contributed by atoms with E-state index in [-0.39, 0.29) is 23.4 Å². The van der Waals surface area contributed by atoms with Crippen LogP contribution in [0.3, 0.4) is 0 Å². The molecule has 0 bridgehead atoms. The largest absolute Gasteiger partial charge is 0.333 e. The summed E-state index contributed by atoms with van der Waals surface area (Å²) >= 11 is 1.27. The topological polar surface area (TPSA) is 87.6 Å². The van der Waals surface area contributed by atoms with Gasteiger partial charge in [-0.1, -0.05) is 19.3 Å². The quantitative estimate of drug-likeness (QED) is 0.361. The molecule has 2 amide bonds. The van der Waals surface area contributed by atoms with Crippen LogP contribution in [0.25, 0.3) is 0 Å². The van der Waals surface area contributed by atoms with E-state index in [1.807, 2.05) is 17.0 Å². The van der Waals surface area contributed by atoms with Crippen molar-refractivity contribution in [1.82, 2.24) is 10.2 Å². The van der Waals surface area contributed by atoms with Crippen LogP contribution in [0.1, 0.15) is 66.9 Å². The van der Waals surface area contributed by atoms with E-state index in [9.17, 15) is 9.59 Å². The van der Waals surface area contributed by atoms with Crippen molar-refractivity contribution in [2.24, 2.45) is 22.1 Å². The minimum absolute atomic E-state index is 0.0765. The number of nitrogens with one attached hydrogen (secondary N) is 1. The Balaban J connectivity index is 1.32. The van der Waals surface area contributed by atoms with Crippen molar-refractivity contribution in [2.45, 2.75) is 57.0 Å². The van der Waals surface area contributed by atoms with E-state index >= 15 is 0 Å². The SMILES string of the molecule is NC(c1ccc(C(=O)NC=CC=N[CH]=[W])cc1)C1CN1C(=O)C1(C2CCCCC2)CC1. The Morgan fingerprint density at radius 3 is 2.55 bits per heavy atom. The summed E-state index contributed by atoms with van der Waals surface area (Å²) in [6, 6.07) is 7.23. The van der Waals surface area contributed by atoms with Crippen LogP contribution in [0, 0.1) is 11.3 Å². The summed E-state index contributed by atoms with van der Waals surface area (Å²) in [5, 5.41) is 2.72. The molecular weight excluding hydrogens is 560 g/mol. The molecule has 3 N–H and O–H groups in total. The average molecular weight is 590 g/mol. The Hall–Kier alpha value is -1.91. The predicted molar refractivity (Wildman–Crippen MR) is 118 cm³/mol. The van der Waals surface area contributed by atoms with Gasteiger partial charge in [0.25, 0.3) is 0 Å². The molecular formula is C24H30N4O2W. The molecule has 0 aromatic heterocycles.